The second-order valence-electron chi connectivity index (χ2n) is 2.93. The summed E-state index contributed by atoms with van der Waals surface area (Å²) < 4.78 is 26.0. The number of nitrogens with two attached hydrogens (primary N) is 1. The molecule has 4 heteroatoms. The van der Waals surface area contributed by atoms with Crippen LogP contribution in [0.4, 0.5) is 8.78 Å². The van der Waals surface area contributed by atoms with E-state index in [0.29, 0.717) is 5.75 Å². The maximum atomic E-state index is 13.2. The van der Waals surface area contributed by atoms with Crippen LogP contribution in [-0.2, 0) is 0 Å². The van der Waals surface area contributed by atoms with Gasteiger partial charge in [0.2, 0.25) is 0 Å². The van der Waals surface area contributed by atoms with E-state index in [4.69, 9.17) is 5.73 Å². The van der Waals surface area contributed by atoms with Crippen molar-refractivity contribution in [3.63, 3.8) is 0 Å². The van der Waals surface area contributed by atoms with E-state index in [2.05, 4.69) is 0 Å². The van der Waals surface area contributed by atoms with Crippen molar-refractivity contribution in [3.8, 4) is 0 Å². The van der Waals surface area contributed by atoms with E-state index in [1.54, 1.807) is 11.8 Å². The summed E-state index contributed by atoms with van der Waals surface area (Å²) in [6.45, 7) is 2.00. The molecule has 1 rings (SSSR count). The van der Waals surface area contributed by atoms with Crippen LogP contribution in [-0.4, -0.2) is 11.5 Å². The van der Waals surface area contributed by atoms with Gasteiger partial charge in [-0.3, -0.25) is 0 Å². The Morgan fingerprint density at radius 2 is 2.14 bits per heavy atom. The molecule has 1 aromatic carbocycles. The Labute approximate surface area is 86.7 Å². The lowest BCUT2D eigenvalue weighted by molar-refractivity contribution is 0.573. The molecule has 0 heterocycles. The lowest BCUT2D eigenvalue weighted by Gasteiger charge is -2.11. The van der Waals surface area contributed by atoms with Crippen molar-refractivity contribution in [2.24, 2.45) is 5.73 Å². The zero-order valence-corrected chi connectivity index (χ0v) is 8.78. The summed E-state index contributed by atoms with van der Waals surface area (Å²) in [4.78, 5) is 0. The molecule has 1 nitrogen and oxygen atoms in total. The Morgan fingerprint density at radius 1 is 1.43 bits per heavy atom. The van der Waals surface area contributed by atoms with Gasteiger partial charge in [-0.1, -0.05) is 6.92 Å². The van der Waals surface area contributed by atoms with Crippen molar-refractivity contribution in [1.82, 2.24) is 0 Å². The van der Waals surface area contributed by atoms with Crippen molar-refractivity contribution < 1.29 is 8.78 Å². The standard InChI is InChI=1S/C10H13F2NS/c1-2-14-6-10(13)8-5-7(11)3-4-9(8)12/h3-5,10H,2,6,13H2,1H3. The predicted molar refractivity (Wildman–Crippen MR) is 56.3 cm³/mol. The average Bonchev–Trinajstić information content (AvgIpc) is 2.18. The summed E-state index contributed by atoms with van der Waals surface area (Å²) in [6, 6.07) is 2.94. The van der Waals surface area contributed by atoms with Gasteiger partial charge in [-0.15, -0.1) is 0 Å². The van der Waals surface area contributed by atoms with Crippen LogP contribution in [0.5, 0.6) is 0 Å². The average molecular weight is 217 g/mol. The number of thioether (sulfide) groups is 1. The number of benzene rings is 1. The van der Waals surface area contributed by atoms with Crippen LogP contribution in [0.15, 0.2) is 18.2 Å². The van der Waals surface area contributed by atoms with E-state index >= 15 is 0 Å². The number of rotatable bonds is 4. The van der Waals surface area contributed by atoms with Crippen LogP contribution >= 0.6 is 11.8 Å². The minimum absolute atomic E-state index is 0.256. The molecule has 0 aliphatic carbocycles. The summed E-state index contributed by atoms with van der Waals surface area (Å²) in [5, 5.41) is 0. The molecular formula is C10H13F2NS. The summed E-state index contributed by atoms with van der Waals surface area (Å²) in [7, 11) is 0. The SMILES string of the molecule is CCSCC(N)c1cc(F)ccc1F. The van der Waals surface area contributed by atoms with Gasteiger partial charge in [-0.25, -0.2) is 8.78 Å². The van der Waals surface area contributed by atoms with Gasteiger partial charge in [0, 0.05) is 17.4 Å². The van der Waals surface area contributed by atoms with Crippen LogP contribution in [0.2, 0.25) is 0 Å². The third kappa shape index (κ3) is 2.96. The van der Waals surface area contributed by atoms with Gasteiger partial charge in [0.05, 0.1) is 0 Å². The first-order valence-electron chi connectivity index (χ1n) is 4.43. The predicted octanol–water partition coefficient (Wildman–Crippen LogP) is 2.72. The van der Waals surface area contributed by atoms with E-state index in [0.717, 1.165) is 24.0 Å². The van der Waals surface area contributed by atoms with Gasteiger partial charge in [0.1, 0.15) is 11.6 Å². The minimum Gasteiger partial charge on any atom is -0.323 e. The van der Waals surface area contributed by atoms with E-state index in [1.807, 2.05) is 6.92 Å². The molecule has 0 amide bonds. The van der Waals surface area contributed by atoms with Crippen LogP contribution in [0.3, 0.4) is 0 Å². The van der Waals surface area contributed by atoms with E-state index in [-0.39, 0.29) is 5.56 Å². The van der Waals surface area contributed by atoms with Crippen molar-refractivity contribution in [2.75, 3.05) is 11.5 Å². The zero-order valence-electron chi connectivity index (χ0n) is 7.97. The van der Waals surface area contributed by atoms with Crippen molar-refractivity contribution >= 4 is 11.8 Å². The smallest absolute Gasteiger partial charge is 0.128 e. The zero-order chi connectivity index (χ0) is 10.6. The molecule has 2 N–H and O–H groups in total. The maximum Gasteiger partial charge on any atom is 0.128 e. The molecule has 0 saturated heterocycles. The summed E-state index contributed by atoms with van der Waals surface area (Å²) >= 11 is 1.61. The maximum absolute atomic E-state index is 13.2. The monoisotopic (exact) mass is 217 g/mol. The first kappa shape index (κ1) is 11.5. The molecule has 1 atom stereocenters. The third-order valence-electron chi connectivity index (χ3n) is 1.86. The second kappa shape index (κ2) is 5.32. The topological polar surface area (TPSA) is 26.0 Å². The van der Waals surface area contributed by atoms with E-state index in [9.17, 15) is 8.78 Å². The summed E-state index contributed by atoms with van der Waals surface area (Å²) in [6.07, 6.45) is 0. The van der Waals surface area contributed by atoms with Crippen molar-refractivity contribution in [1.29, 1.82) is 0 Å². The van der Waals surface area contributed by atoms with Gasteiger partial charge >= 0.3 is 0 Å². The number of hydrogen-bond donors (Lipinski definition) is 1. The fourth-order valence-electron chi connectivity index (χ4n) is 1.13. The van der Waals surface area contributed by atoms with Crippen LogP contribution in [0.25, 0.3) is 0 Å². The summed E-state index contributed by atoms with van der Waals surface area (Å²) in [5.74, 6) is 0.649. The molecule has 1 unspecified atom stereocenters. The lowest BCUT2D eigenvalue weighted by Crippen LogP contribution is -2.15. The fraction of sp³-hybridized carbons (Fsp3) is 0.400. The molecule has 1 aromatic rings. The summed E-state index contributed by atoms with van der Waals surface area (Å²) in [5.41, 5.74) is 5.98. The highest BCUT2D eigenvalue weighted by atomic mass is 32.2. The lowest BCUT2D eigenvalue weighted by atomic mass is 10.1. The highest BCUT2D eigenvalue weighted by molar-refractivity contribution is 7.99. The minimum atomic E-state index is -0.446. The van der Waals surface area contributed by atoms with Gasteiger partial charge in [-0.2, -0.15) is 11.8 Å². The largest absolute Gasteiger partial charge is 0.323 e. The van der Waals surface area contributed by atoms with Gasteiger partial charge in [-0.05, 0) is 24.0 Å². The van der Waals surface area contributed by atoms with Gasteiger partial charge in [0.15, 0.2) is 0 Å². The first-order valence-corrected chi connectivity index (χ1v) is 5.59. The van der Waals surface area contributed by atoms with Gasteiger partial charge < -0.3 is 5.73 Å². The molecule has 0 spiro atoms. The number of halogens is 2. The molecule has 0 aliphatic rings. The second-order valence-corrected chi connectivity index (χ2v) is 4.25. The van der Waals surface area contributed by atoms with Crippen molar-refractivity contribution in [3.05, 3.63) is 35.4 Å². The van der Waals surface area contributed by atoms with Crippen molar-refractivity contribution in [2.45, 2.75) is 13.0 Å². The molecule has 78 valence electrons. The Kier molecular flexibility index (Phi) is 4.35. The molecule has 0 bridgehead atoms. The van der Waals surface area contributed by atoms with Crippen LogP contribution < -0.4 is 5.73 Å². The Hall–Kier alpha value is -0.610. The van der Waals surface area contributed by atoms with E-state index < -0.39 is 17.7 Å². The molecule has 0 saturated carbocycles. The quantitative estimate of drug-likeness (QED) is 0.839. The normalized spacial score (nSPS) is 12.9. The Morgan fingerprint density at radius 3 is 2.79 bits per heavy atom. The first-order chi connectivity index (χ1) is 6.65. The van der Waals surface area contributed by atoms with Crippen LogP contribution in [0.1, 0.15) is 18.5 Å². The highest BCUT2D eigenvalue weighted by Crippen LogP contribution is 2.19. The molecule has 0 aliphatic heterocycles. The van der Waals surface area contributed by atoms with Crippen LogP contribution in [0, 0.1) is 11.6 Å². The Balaban J connectivity index is 2.77. The molecule has 0 aromatic heterocycles. The Bertz CT molecular complexity index is 304. The highest BCUT2D eigenvalue weighted by Gasteiger charge is 2.11. The molecular weight excluding hydrogens is 204 g/mol. The molecule has 0 fully saturated rings. The molecule has 0 radical (unpaired) electrons. The van der Waals surface area contributed by atoms with E-state index in [1.165, 1.54) is 0 Å². The third-order valence-corrected chi connectivity index (χ3v) is 2.86. The van der Waals surface area contributed by atoms with Gasteiger partial charge in [0.25, 0.3) is 0 Å². The fourth-order valence-corrected chi connectivity index (χ4v) is 1.80. The number of hydrogen-bond acceptors (Lipinski definition) is 2. The molecule has 14 heavy (non-hydrogen) atoms.